The highest BCUT2D eigenvalue weighted by atomic mass is 31.2. The summed E-state index contributed by atoms with van der Waals surface area (Å²) in [6.07, 6.45) is 19.0. The fourth-order valence-corrected chi connectivity index (χ4v) is 6.10. The molecule has 0 amide bonds. The molecule has 3 aromatic carbocycles. The van der Waals surface area contributed by atoms with Crippen LogP contribution in [0.15, 0.2) is 66.7 Å². The molecule has 2 N–H and O–H groups in total. The lowest BCUT2D eigenvalue weighted by Crippen LogP contribution is -2.04. The molecule has 3 rings (SSSR count). The van der Waals surface area contributed by atoms with E-state index in [4.69, 9.17) is 4.52 Å². The predicted octanol–water partition coefficient (Wildman–Crippen LogP) is 10.8. The Kier molecular flexibility index (Phi) is 15.9. The Hall–Kier alpha value is -2.52. The molecule has 0 spiro atoms. The van der Waals surface area contributed by atoms with E-state index in [0.717, 1.165) is 48.8 Å². The Labute approximate surface area is 255 Å². The largest absolute Gasteiger partial charge is 0.427 e. The van der Waals surface area contributed by atoms with Gasteiger partial charge in [-0.1, -0.05) is 152 Å². The van der Waals surface area contributed by atoms with Gasteiger partial charge < -0.3 is 14.3 Å². The molecule has 0 saturated carbocycles. The second kappa shape index (κ2) is 19.6. The van der Waals surface area contributed by atoms with Crippen LogP contribution in [0.25, 0.3) is 11.1 Å². The van der Waals surface area contributed by atoms with E-state index < -0.39 is 8.60 Å². The highest BCUT2D eigenvalue weighted by molar-refractivity contribution is 7.39. The van der Waals surface area contributed by atoms with Crippen molar-refractivity contribution in [3.8, 4) is 16.9 Å². The summed E-state index contributed by atoms with van der Waals surface area (Å²) in [5.41, 5.74) is 5.92. The lowest BCUT2D eigenvalue weighted by Gasteiger charge is -2.20. The van der Waals surface area contributed by atoms with Gasteiger partial charge in [0, 0.05) is 11.1 Å². The standard InChI is InChI=1S/C37H51O4P/c1-3-5-7-9-11-13-18-22-34-33(30-24-26-32(27-25-30)37(38)31-20-16-15-17-21-31)28-29-36(41-42(39)40)35(34)23-19-14-12-10-8-6-4-2/h15-17,20-21,24-29,39-40H,3-14,18-19,22-23H2,1-2H3. The van der Waals surface area contributed by atoms with Crippen molar-refractivity contribution in [2.75, 3.05) is 0 Å². The molecule has 5 heteroatoms. The molecule has 0 fully saturated rings. The molecule has 0 radical (unpaired) electrons. The zero-order valence-corrected chi connectivity index (χ0v) is 26.7. The van der Waals surface area contributed by atoms with E-state index in [1.807, 2.05) is 66.7 Å². The Morgan fingerprint density at radius 2 is 1.10 bits per heavy atom. The van der Waals surface area contributed by atoms with Crippen LogP contribution in [-0.2, 0) is 12.8 Å². The summed E-state index contributed by atoms with van der Waals surface area (Å²) in [6, 6.07) is 21.3. The summed E-state index contributed by atoms with van der Waals surface area (Å²) < 4.78 is 5.59. The molecule has 4 nitrogen and oxygen atoms in total. The number of carbonyl (C=O) groups excluding carboxylic acids is 1. The van der Waals surface area contributed by atoms with E-state index in [1.54, 1.807) is 0 Å². The molecular formula is C37H51O4P. The van der Waals surface area contributed by atoms with Gasteiger partial charge in [-0.25, -0.2) is 0 Å². The van der Waals surface area contributed by atoms with Gasteiger partial charge >= 0.3 is 8.60 Å². The molecule has 42 heavy (non-hydrogen) atoms. The van der Waals surface area contributed by atoms with Crippen LogP contribution in [0.5, 0.6) is 5.75 Å². The molecule has 0 heterocycles. The molecule has 0 aliphatic carbocycles. The van der Waals surface area contributed by atoms with Gasteiger partial charge in [-0.15, -0.1) is 0 Å². The Morgan fingerprint density at radius 1 is 0.595 bits per heavy atom. The van der Waals surface area contributed by atoms with Gasteiger partial charge in [0.1, 0.15) is 5.75 Å². The van der Waals surface area contributed by atoms with Crippen LogP contribution in [0.2, 0.25) is 0 Å². The van der Waals surface area contributed by atoms with Crippen LogP contribution < -0.4 is 4.52 Å². The Balaban J connectivity index is 1.85. The first-order valence-corrected chi connectivity index (χ1v) is 17.4. The fraction of sp³-hybridized carbons (Fsp3) is 0.486. The number of unbranched alkanes of at least 4 members (excludes halogenated alkanes) is 12. The normalized spacial score (nSPS) is 11.3. The van der Waals surface area contributed by atoms with E-state index in [-0.39, 0.29) is 5.78 Å². The van der Waals surface area contributed by atoms with Crippen molar-refractivity contribution in [2.24, 2.45) is 0 Å². The number of hydrogen-bond donors (Lipinski definition) is 2. The maximum absolute atomic E-state index is 13.0. The summed E-state index contributed by atoms with van der Waals surface area (Å²) in [5, 5.41) is 0. The third kappa shape index (κ3) is 11.3. The van der Waals surface area contributed by atoms with Crippen LogP contribution in [0.4, 0.5) is 0 Å². The molecule has 0 aliphatic rings. The number of carbonyl (C=O) groups is 1. The third-order valence-electron chi connectivity index (χ3n) is 8.12. The topological polar surface area (TPSA) is 66.8 Å². The van der Waals surface area contributed by atoms with Crippen molar-refractivity contribution >= 4 is 14.4 Å². The van der Waals surface area contributed by atoms with E-state index in [2.05, 4.69) is 13.8 Å². The molecule has 0 saturated heterocycles. The van der Waals surface area contributed by atoms with Crippen LogP contribution in [0.1, 0.15) is 131 Å². The van der Waals surface area contributed by atoms with Gasteiger partial charge in [-0.2, -0.15) is 0 Å². The monoisotopic (exact) mass is 590 g/mol. The van der Waals surface area contributed by atoms with Gasteiger partial charge in [0.25, 0.3) is 0 Å². The van der Waals surface area contributed by atoms with Gasteiger partial charge in [-0.05, 0) is 54.0 Å². The number of hydrogen-bond acceptors (Lipinski definition) is 4. The summed E-state index contributed by atoms with van der Waals surface area (Å²) in [5.74, 6) is 0.614. The Morgan fingerprint density at radius 3 is 1.64 bits per heavy atom. The molecular weight excluding hydrogens is 539 g/mol. The van der Waals surface area contributed by atoms with Crippen LogP contribution in [0.3, 0.4) is 0 Å². The maximum Gasteiger partial charge on any atom is 0.391 e. The zero-order chi connectivity index (χ0) is 30.0. The average molecular weight is 591 g/mol. The van der Waals surface area contributed by atoms with Gasteiger partial charge in [-0.3, -0.25) is 4.79 Å². The highest BCUT2D eigenvalue weighted by Crippen LogP contribution is 2.39. The van der Waals surface area contributed by atoms with Crippen LogP contribution in [0, 0.1) is 0 Å². The van der Waals surface area contributed by atoms with Crippen molar-refractivity contribution in [1.82, 2.24) is 0 Å². The lowest BCUT2D eigenvalue weighted by atomic mass is 9.88. The lowest BCUT2D eigenvalue weighted by molar-refractivity contribution is 0.103. The van der Waals surface area contributed by atoms with Crippen LogP contribution in [-0.4, -0.2) is 15.6 Å². The maximum atomic E-state index is 13.0. The molecule has 0 unspecified atom stereocenters. The third-order valence-corrected chi connectivity index (χ3v) is 8.48. The van der Waals surface area contributed by atoms with Crippen molar-refractivity contribution in [3.63, 3.8) is 0 Å². The first-order valence-electron chi connectivity index (χ1n) is 16.3. The summed E-state index contributed by atoms with van der Waals surface area (Å²) >= 11 is 0. The van der Waals surface area contributed by atoms with E-state index in [0.29, 0.717) is 16.9 Å². The summed E-state index contributed by atoms with van der Waals surface area (Å²) in [6.45, 7) is 4.49. The van der Waals surface area contributed by atoms with Crippen molar-refractivity contribution in [1.29, 1.82) is 0 Å². The number of benzene rings is 3. The smallest absolute Gasteiger partial charge is 0.391 e. The molecule has 0 aliphatic heterocycles. The summed E-state index contributed by atoms with van der Waals surface area (Å²) in [7, 11) is -2.49. The van der Waals surface area contributed by atoms with E-state index in [1.165, 1.54) is 76.2 Å². The Bertz CT molecular complexity index is 1170. The van der Waals surface area contributed by atoms with Gasteiger partial charge in [0.05, 0.1) is 0 Å². The molecule has 0 atom stereocenters. The summed E-state index contributed by atoms with van der Waals surface area (Å²) in [4.78, 5) is 32.5. The first-order chi connectivity index (χ1) is 20.5. The van der Waals surface area contributed by atoms with Crippen molar-refractivity contribution in [3.05, 3.63) is 89.0 Å². The average Bonchev–Trinajstić information content (AvgIpc) is 3.01. The minimum Gasteiger partial charge on any atom is -0.427 e. The predicted molar refractivity (Wildman–Crippen MR) is 177 cm³/mol. The quantitative estimate of drug-likeness (QED) is 0.0736. The van der Waals surface area contributed by atoms with E-state index in [9.17, 15) is 14.6 Å². The first kappa shape index (κ1) is 34.0. The van der Waals surface area contributed by atoms with Crippen LogP contribution >= 0.6 is 8.60 Å². The molecule has 228 valence electrons. The molecule has 3 aromatic rings. The fourth-order valence-electron chi connectivity index (χ4n) is 5.75. The number of rotatable bonds is 21. The van der Waals surface area contributed by atoms with Crippen molar-refractivity contribution in [2.45, 2.75) is 117 Å². The zero-order valence-electron chi connectivity index (χ0n) is 25.8. The van der Waals surface area contributed by atoms with Gasteiger partial charge in [0.2, 0.25) is 0 Å². The second-order valence-corrected chi connectivity index (χ2v) is 12.1. The second-order valence-electron chi connectivity index (χ2n) is 11.4. The highest BCUT2D eigenvalue weighted by Gasteiger charge is 2.18. The number of ketones is 1. The SMILES string of the molecule is CCCCCCCCCc1c(OP(O)O)ccc(-c2ccc(C(=O)c3ccccc3)cc2)c1CCCCCCCCC. The molecule has 0 bridgehead atoms. The van der Waals surface area contributed by atoms with Crippen molar-refractivity contribution < 1.29 is 19.1 Å². The minimum absolute atomic E-state index is 0.0214. The minimum atomic E-state index is -2.49. The molecule has 0 aromatic heterocycles. The van der Waals surface area contributed by atoms with E-state index >= 15 is 0 Å². The van der Waals surface area contributed by atoms with Gasteiger partial charge in [0.15, 0.2) is 5.78 Å².